The fraction of sp³-hybridized carbons (Fsp3) is 0.368. The Bertz CT molecular complexity index is 729. The van der Waals surface area contributed by atoms with E-state index in [4.69, 9.17) is 0 Å². The van der Waals surface area contributed by atoms with E-state index in [-0.39, 0.29) is 17.9 Å². The first kappa shape index (κ1) is 17.2. The van der Waals surface area contributed by atoms with Gasteiger partial charge in [-0.05, 0) is 49.6 Å². The highest BCUT2D eigenvalue weighted by molar-refractivity contribution is 5.90. The molecule has 1 aromatic heterocycles. The van der Waals surface area contributed by atoms with Crippen LogP contribution in [0.15, 0.2) is 42.6 Å². The topological polar surface area (TPSA) is 48.5 Å². The van der Waals surface area contributed by atoms with Gasteiger partial charge in [-0.15, -0.1) is 0 Å². The van der Waals surface area contributed by atoms with Crippen molar-refractivity contribution in [2.45, 2.75) is 25.8 Å². The van der Waals surface area contributed by atoms with Crippen molar-refractivity contribution in [1.29, 1.82) is 0 Å². The zero-order valence-corrected chi connectivity index (χ0v) is 14.6. The lowest BCUT2D eigenvalue weighted by atomic mass is 10.0. The molecule has 0 unspecified atom stereocenters. The molecule has 1 aliphatic rings. The number of nitrogens with zero attached hydrogens (tertiary/aromatic N) is 3. The van der Waals surface area contributed by atoms with Crippen LogP contribution in [0.5, 0.6) is 0 Å². The highest BCUT2D eigenvalue weighted by atomic mass is 19.1. The average molecular weight is 342 g/mol. The lowest BCUT2D eigenvalue weighted by Crippen LogP contribution is -2.47. The Labute approximate surface area is 147 Å². The molecule has 2 aromatic rings. The predicted octanol–water partition coefficient (Wildman–Crippen LogP) is 3.66. The van der Waals surface area contributed by atoms with Gasteiger partial charge in [0.05, 0.1) is 0 Å². The molecule has 2 amide bonds. The lowest BCUT2D eigenvalue weighted by Gasteiger charge is -2.37. The summed E-state index contributed by atoms with van der Waals surface area (Å²) in [5.74, 6) is 0.621. The quantitative estimate of drug-likeness (QED) is 0.926. The lowest BCUT2D eigenvalue weighted by molar-refractivity contribution is 0.193. The van der Waals surface area contributed by atoms with Crippen molar-refractivity contribution in [2.75, 3.05) is 30.4 Å². The average Bonchev–Trinajstić information content (AvgIpc) is 2.65. The molecule has 0 atom stereocenters. The Hall–Kier alpha value is -2.63. The van der Waals surface area contributed by atoms with Gasteiger partial charge < -0.3 is 15.1 Å². The SMILES string of the molecule is Cc1ccc(F)cc1NC(=O)N(C)C1CCN(c2ccccn2)CC1. The second-order valence-corrected chi connectivity index (χ2v) is 6.41. The highest BCUT2D eigenvalue weighted by Gasteiger charge is 2.26. The number of rotatable bonds is 3. The van der Waals surface area contributed by atoms with E-state index in [1.54, 1.807) is 24.2 Å². The van der Waals surface area contributed by atoms with Crippen LogP contribution in [0.1, 0.15) is 18.4 Å². The third-order valence-corrected chi connectivity index (χ3v) is 4.75. The van der Waals surface area contributed by atoms with Gasteiger partial charge >= 0.3 is 6.03 Å². The van der Waals surface area contributed by atoms with Crippen molar-refractivity contribution in [3.8, 4) is 0 Å². The van der Waals surface area contributed by atoms with E-state index in [2.05, 4.69) is 15.2 Å². The smallest absolute Gasteiger partial charge is 0.321 e. The number of halogens is 1. The van der Waals surface area contributed by atoms with Gasteiger partial charge in [-0.1, -0.05) is 12.1 Å². The molecule has 2 heterocycles. The molecule has 132 valence electrons. The number of carbonyl (C=O) groups excluding carboxylic acids is 1. The summed E-state index contributed by atoms with van der Waals surface area (Å²) in [5.41, 5.74) is 1.36. The maximum Gasteiger partial charge on any atom is 0.321 e. The summed E-state index contributed by atoms with van der Waals surface area (Å²) in [6.45, 7) is 3.57. The molecule has 1 aromatic carbocycles. The summed E-state index contributed by atoms with van der Waals surface area (Å²) in [5, 5.41) is 2.81. The summed E-state index contributed by atoms with van der Waals surface area (Å²) in [6.07, 6.45) is 3.55. The number of hydrogen-bond donors (Lipinski definition) is 1. The summed E-state index contributed by atoms with van der Waals surface area (Å²) in [4.78, 5) is 20.8. The fourth-order valence-electron chi connectivity index (χ4n) is 3.12. The van der Waals surface area contributed by atoms with E-state index < -0.39 is 0 Å². The van der Waals surface area contributed by atoms with Crippen LogP contribution in [-0.2, 0) is 0 Å². The molecule has 0 bridgehead atoms. The number of nitrogens with one attached hydrogen (secondary N) is 1. The van der Waals surface area contributed by atoms with Gasteiger partial charge in [0.15, 0.2) is 0 Å². The summed E-state index contributed by atoms with van der Waals surface area (Å²) in [6, 6.07) is 10.3. The first-order valence-corrected chi connectivity index (χ1v) is 8.50. The van der Waals surface area contributed by atoms with Crippen LogP contribution in [0.25, 0.3) is 0 Å². The maximum atomic E-state index is 13.4. The molecule has 0 spiro atoms. The molecule has 1 N–H and O–H groups in total. The van der Waals surface area contributed by atoms with Gasteiger partial charge in [-0.25, -0.2) is 14.2 Å². The van der Waals surface area contributed by atoms with Gasteiger partial charge in [0.1, 0.15) is 11.6 Å². The van der Waals surface area contributed by atoms with Crippen LogP contribution in [0.3, 0.4) is 0 Å². The van der Waals surface area contributed by atoms with Crippen molar-refractivity contribution in [3.05, 3.63) is 54.0 Å². The van der Waals surface area contributed by atoms with Crippen LogP contribution in [0, 0.1) is 12.7 Å². The number of urea groups is 1. The monoisotopic (exact) mass is 342 g/mol. The number of carbonyl (C=O) groups is 1. The fourth-order valence-corrected chi connectivity index (χ4v) is 3.12. The van der Waals surface area contributed by atoms with Crippen LogP contribution in [-0.4, -0.2) is 42.1 Å². The molecule has 1 aliphatic heterocycles. The second-order valence-electron chi connectivity index (χ2n) is 6.41. The minimum Gasteiger partial charge on any atom is -0.356 e. The van der Waals surface area contributed by atoms with E-state index in [0.717, 1.165) is 37.3 Å². The number of piperidine rings is 1. The van der Waals surface area contributed by atoms with E-state index in [9.17, 15) is 9.18 Å². The van der Waals surface area contributed by atoms with E-state index in [1.807, 2.05) is 25.1 Å². The van der Waals surface area contributed by atoms with E-state index >= 15 is 0 Å². The highest BCUT2D eigenvalue weighted by Crippen LogP contribution is 2.22. The molecule has 0 aliphatic carbocycles. The summed E-state index contributed by atoms with van der Waals surface area (Å²) >= 11 is 0. The molecule has 6 heteroatoms. The van der Waals surface area contributed by atoms with Crippen molar-refractivity contribution >= 4 is 17.5 Å². The van der Waals surface area contributed by atoms with Gasteiger partial charge in [0.2, 0.25) is 0 Å². The molecule has 3 rings (SSSR count). The number of pyridine rings is 1. The largest absolute Gasteiger partial charge is 0.356 e. The molecule has 5 nitrogen and oxygen atoms in total. The molecule has 1 saturated heterocycles. The summed E-state index contributed by atoms with van der Waals surface area (Å²) < 4.78 is 13.4. The number of aromatic nitrogens is 1. The Morgan fingerprint density at radius 3 is 2.72 bits per heavy atom. The minimum atomic E-state index is -0.354. The van der Waals surface area contributed by atoms with Gasteiger partial charge in [0, 0.05) is 38.1 Å². The minimum absolute atomic E-state index is 0.161. The number of amides is 2. The van der Waals surface area contributed by atoms with Gasteiger partial charge in [0.25, 0.3) is 0 Å². The van der Waals surface area contributed by atoms with Crippen molar-refractivity contribution in [2.24, 2.45) is 0 Å². The Balaban J connectivity index is 1.57. The van der Waals surface area contributed by atoms with Crippen LogP contribution >= 0.6 is 0 Å². The number of aryl methyl sites for hydroxylation is 1. The zero-order valence-electron chi connectivity index (χ0n) is 14.6. The number of anilines is 2. The zero-order chi connectivity index (χ0) is 17.8. The van der Waals surface area contributed by atoms with Crippen molar-refractivity contribution < 1.29 is 9.18 Å². The maximum absolute atomic E-state index is 13.4. The predicted molar refractivity (Wildman–Crippen MR) is 97.4 cm³/mol. The molecule has 0 saturated carbocycles. The van der Waals surface area contributed by atoms with Crippen LogP contribution in [0.2, 0.25) is 0 Å². The Morgan fingerprint density at radius 2 is 2.04 bits per heavy atom. The Kier molecular flexibility index (Phi) is 5.16. The van der Waals surface area contributed by atoms with E-state index in [1.165, 1.54) is 12.1 Å². The first-order chi connectivity index (χ1) is 12.0. The van der Waals surface area contributed by atoms with Crippen molar-refractivity contribution in [3.63, 3.8) is 0 Å². The summed E-state index contributed by atoms with van der Waals surface area (Å²) in [7, 11) is 1.80. The normalized spacial score (nSPS) is 15.1. The Morgan fingerprint density at radius 1 is 1.28 bits per heavy atom. The van der Waals surface area contributed by atoms with Crippen LogP contribution < -0.4 is 10.2 Å². The number of hydrogen-bond acceptors (Lipinski definition) is 3. The van der Waals surface area contributed by atoms with Gasteiger partial charge in [-0.3, -0.25) is 0 Å². The molecular formula is C19H23FN4O. The second kappa shape index (κ2) is 7.51. The van der Waals surface area contributed by atoms with Gasteiger partial charge in [-0.2, -0.15) is 0 Å². The molecule has 0 radical (unpaired) electrons. The third kappa shape index (κ3) is 4.07. The van der Waals surface area contributed by atoms with Crippen LogP contribution in [0.4, 0.5) is 20.7 Å². The third-order valence-electron chi connectivity index (χ3n) is 4.75. The van der Waals surface area contributed by atoms with Crippen molar-refractivity contribution in [1.82, 2.24) is 9.88 Å². The standard InChI is InChI=1S/C19H23FN4O/c1-14-6-7-15(20)13-17(14)22-19(25)23(2)16-8-11-24(12-9-16)18-5-3-4-10-21-18/h3-7,10,13,16H,8-9,11-12H2,1-2H3,(H,22,25). The molecule has 1 fully saturated rings. The molecule has 25 heavy (non-hydrogen) atoms. The first-order valence-electron chi connectivity index (χ1n) is 8.50. The molecular weight excluding hydrogens is 319 g/mol. The number of benzene rings is 1. The van der Waals surface area contributed by atoms with E-state index in [0.29, 0.717) is 5.69 Å².